The summed E-state index contributed by atoms with van der Waals surface area (Å²) < 4.78 is 0. The first-order chi connectivity index (χ1) is 7.89. The zero-order valence-corrected chi connectivity index (χ0v) is 12.9. The van der Waals surface area contributed by atoms with Crippen molar-refractivity contribution in [1.29, 1.82) is 0 Å². The first-order valence-electron chi connectivity index (χ1n) is 6.77. The highest BCUT2D eigenvalue weighted by molar-refractivity contribution is 5.75. The molecule has 0 aromatic rings. The van der Waals surface area contributed by atoms with E-state index < -0.39 is 0 Å². The Morgan fingerprint density at radius 1 is 1.11 bits per heavy atom. The Labute approximate surface area is 111 Å². The lowest BCUT2D eigenvalue weighted by Crippen LogP contribution is -2.63. The van der Waals surface area contributed by atoms with Crippen molar-refractivity contribution >= 4 is 6.03 Å². The Hall–Kier alpha value is -0.770. The van der Waals surface area contributed by atoms with Crippen LogP contribution < -0.4 is 16.0 Å². The first kappa shape index (κ1) is 15.3. The summed E-state index contributed by atoms with van der Waals surface area (Å²) >= 11 is 0. The molecule has 0 spiro atoms. The largest absolute Gasteiger partial charge is 0.335 e. The second kappa shape index (κ2) is 4.72. The lowest BCUT2D eigenvalue weighted by Gasteiger charge is -2.46. The van der Waals surface area contributed by atoms with Gasteiger partial charge in [0.25, 0.3) is 0 Å². The summed E-state index contributed by atoms with van der Waals surface area (Å²) in [4.78, 5) is 11.9. The Morgan fingerprint density at radius 2 is 1.56 bits per heavy atom. The molecule has 1 saturated heterocycles. The molecule has 4 nitrogen and oxygen atoms in total. The molecule has 1 rings (SSSR count). The second-order valence-corrected chi connectivity index (χ2v) is 7.85. The standard InChI is InChI=1S/C14H29N3O/c1-12(2,3)16-11(18)15-10-8-13(4,5)17-14(6,7)9-10/h10,17H,8-9H2,1-7H3,(H2,15,16,18). The Balaban J connectivity index is 2.59. The topological polar surface area (TPSA) is 53.2 Å². The third kappa shape index (κ3) is 5.25. The van der Waals surface area contributed by atoms with Crippen molar-refractivity contribution in [3.8, 4) is 0 Å². The number of urea groups is 1. The highest BCUT2D eigenvalue weighted by Crippen LogP contribution is 2.28. The maximum absolute atomic E-state index is 11.9. The van der Waals surface area contributed by atoms with Crippen LogP contribution in [0.2, 0.25) is 0 Å². The van der Waals surface area contributed by atoms with E-state index in [1.807, 2.05) is 20.8 Å². The van der Waals surface area contributed by atoms with E-state index in [1.165, 1.54) is 0 Å². The van der Waals surface area contributed by atoms with Gasteiger partial charge in [0, 0.05) is 22.7 Å². The number of carbonyl (C=O) groups is 1. The van der Waals surface area contributed by atoms with Crippen molar-refractivity contribution in [3.05, 3.63) is 0 Å². The molecule has 1 fully saturated rings. The van der Waals surface area contributed by atoms with Crippen molar-refractivity contribution in [1.82, 2.24) is 16.0 Å². The van der Waals surface area contributed by atoms with E-state index in [0.717, 1.165) is 12.8 Å². The zero-order chi connectivity index (χ0) is 14.2. The number of piperidine rings is 1. The van der Waals surface area contributed by atoms with Gasteiger partial charge in [-0.05, 0) is 61.3 Å². The average Bonchev–Trinajstić information content (AvgIpc) is 1.90. The summed E-state index contributed by atoms with van der Waals surface area (Å²) in [6, 6.07) is 0.152. The molecule has 0 aliphatic carbocycles. The molecule has 0 atom stereocenters. The molecule has 3 N–H and O–H groups in total. The molecule has 2 amide bonds. The van der Waals surface area contributed by atoms with E-state index in [2.05, 4.69) is 43.6 Å². The molecule has 1 aliphatic heterocycles. The van der Waals surface area contributed by atoms with Gasteiger partial charge in [-0.1, -0.05) is 0 Å². The summed E-state index contributed by atoms with van der Waals surface area (Å²) in [6.45, 7) is 14.7. The van der Waals surface area contributed by atoms with Crippen LogP contribution in [0.3, 0.4) is 0 Å². The fraction of sp³-hybridized carbons (Fsp3) is 0.929. The molecule has 0 unspecified atom stereocenters. The summed E-state index contributed by atoms with van der Waals surface area (Å²) in [5.41, 5.74) is -0.0785. The van der Waals surface area contributed by atoms with Crippen LogP contribution in [0, 0.1) is 0 Å². The van der Waals surface area contributed by atoms with Crippen LogP contribution in [0.25, 0.3) is 0 Å². The normalized spacial score (nSPS) is 23.5. The van der Waals surface area contributed by atoms with Gasteiger partial charge in [0.05, 0.1) is 0 Å². The van der Waals surface area contributed by atoms with Crippen molar-refractivity contribution in [3.63, 3.8) is 0 Å². The summed E-state index contributed by atoms with van der Waals surface area (Å²) in [5.74, 6) is 0. The summed E-state index contributed by atoms with van der Waals surface area (Å²) in [7, 11) is 0. The Bertz CT molecular complexity index is 299. The van der Waals surface area contributed by atoms with Crippen molar-refractivity contribution in [2.45, 2.75) is 84.0 Å². The van der Waals surface area contributed by atoms with E-state index in [4.69, 9.17) is 0 Å². The van der Waals surface area contributed by atoms with Gasteiger partial charge in [0.1, 0.15) is 0 Å². The number of carbonyl (C=O) groups excluding carboxylic acids is 1. The van der Waals surface area contributed by atoms with Crippen LogP contribution in [-0.4, -0.2) is 28.7 Å². The molecule has 18 heavy (non-hydrogen) atoms. The van der Waals surface area contributed by atoms with Crippen LogP contribution >= 0.6 is 0 Å². The maximum atomic E-state index is 11.9. The van der Waals surface area contributed by atoms with Gasteiger partial charge in [-0.25, -0.2) is 4.79 Å². The van der Waals surface area contributed by atoms with Crippen LogP contribution in [-0.2, 0) is 0 Å². The Kier molecular flexibility index (Phi) is 4.01. The predicted octanol–water partition coefficient (Wildman–Crippen LogP) is 2.39. The highest BCUT2D eigenvalue weighted by Gasteiger charge is 2.38. The third-order valence-electron chi connectivity index (χ3n) is 3.01. The van der Waals surface area contributed by atoms with Crippen molar-refractivity contribution in [2.24, 2.45) is 0 Å². The van der Waals surface area contributed by atoms with Gasteiger partial charge < -0.3 is 16.0 Å². The Morgan fingerprint density at radius 3 is 1.94 bits per heavy atom. The SMILES string of the molecule is CC(C)(C)NC(=O)NC1CC(C)(C)NC(C)(C)C1. The minimum atomic E-state index is -0.192. The molecular formula is C14H29N3O. The lowest BCUT2D eigenvalue weighted by molar-refractivity contribution is 0.146. The molecule has 1 aliphatic rings. The van der Waals surface area contributed by atoms with Gasteiger partial charge in [-0.2, -0.15) is 0 Å². The first-order valence-corrected chi connectivity index (χ1v) is 6.77. The number of nitrogens with one attached hydrogen (secondary N) is 3. The van der Waals surface area contributed by atoms with E-state index in [1.54, 1.807) is 0 Å². The molecule has 106 valence electrons. The molecule has 0 saturated carbocycles. The van der Waals surface area contributed by atoms with Crippen LogP contribution in [0.5, 0.6) is 0 Å². The van der Waals surface area contributed by atoms with Crippen molar-refractivity contribution < 1.29 is 4.79 Å². The van der Waals surface area contributed by atoms with Gasteiger partial charge in [0.15, 0.2) is 0 Å². The predicted molar refractivity (Wildman–Crippen MR) is 75.7 cm³/mol. The van der Waals surface area contributed by atoms with Gasteiger partial charge in [-0.15, -0.1) is 0 Å². The minimum Gasteiger partial charge on any atom is -0.335 e. The molecule has 1 heterocycles. The third-order valence-corrected chi connectivity index (χ3v) is 3.01. The number of hydrogen-bond acceptors (Lipinski definition) is 2. The fourth-order valence-corrected chi connectivity index (χ4v) is 2.99. The number of amides is 2. The van der Waals surface area contributed by atoms with E-state index in [9.17, 15) is 4.79 Å². The van der Waals surface area contributed by atoms with Gasteiger partial charge in [-0.3, -0.25) is 0 Å². The van der Waals surface area contributed by atoms with Crippen LogP contribution in [0.1, 0.15) is 61.3 Å². The summed E-state index contributed by atoms with van der Waals surface area (Å²) in [6.07, 6.45) is 1.90. The van der Waals surface area contributed by atoms with Crippen molar-refractivity contribution in [2.75, 3.05) is 0 Å². The molecular weight excluding hydrogens is 226 g/mol. The van der Waals surface area contributed by atoms with E-state index in [0.29, 0.717) is 0 Å². The smallest absolute Gasteiger partial charge is 0.315 e. The lowest BCUT2D eigenvalue weighted by atomic mass is 9.80. The maximum Gasteiger partial charge on any atom is 0.315 e. The van der Waals surface area contributed by atoms with Gasteiger partial charge >= 0.3 is 6.03 Å². The quantitative estimate of drug-likeness (QED) is 0.674. The van der Waals surface area contributed by atoms with Crippen LogP contribution in [0.4, 0.5) is 4.79 Å². The molecule has 0 aromatic heterocycles. The fourth-order valence-electron chi connectivity index (χ4n) is 2.99. The molecule has 0 aromatic carbocycles. The minimum absolute atomic E-state index is 0.0570. The van der Waals surface area contributed by atoms with E-state index in [-0.39, 0.29) is 28.7 Å². The van der Waals surface area contributed by atoms with Gasteiger partial charge in [0.2, 0.25) is 0 Å². The zero-order valence-electron chi connectivity index (χ0n) is 12.9. The van der Waals surface area contributed by atoms with Crippen LogP contribution in [0.15, 0.2) is 0 Å². The highest BCUT2D eigenvalue weighted by atomic mass is 16.2. The average molecular weight is 255 g/mol. The number of hydrogen-bond donors (Lipinski definition) is 3. The molecule has 4 heteroatoms. The van der Waals surface area contributed by atoms with E-state index >= 15 is 0 Å². The molecule has 0 radical (unpaired) electrons. The number of rotatable bonds is 1. The monoisotopic (exact) mass is 255 g/mol. The second-order valence-electron chi connectivity index (χ2n) is 7.85. The summed E-state index contributed by atoms with van der Waals surface area (Å²) in [5, 5.41) is 9.66. The molecule has 0 bridgehead atoms.